The number of nitrogens with two attached hydrogens (primary N) is 1. The molecule has 0 bridgehead atoms. The van der Waals surface area contributed by atoms with E-state index in [1.807, 2.05) is 12.1 Å². The number of ketones is 1. The fourth-order valence-corrected chi connectivity index (χ4v) is 1.76. The summed E-state index contributed by atoms with van der Waals surface area (Å²) in [6, 6.07) is 13.3. The van der Waals surface area contributed by atoms with Gasteiger partial charge in [0.2, 0.25) is 0 Å². The highest BCUT2D eigenvalue weighted by Gasteiger charge is 2.05. The second-order valence-electron chi connectivity index (χ2n) is 4.26. The molecule has 0 atom stereocenters. The molecule has 0 spiro atoms. The molecular formula is C15H14FNO. The van der Waals surface area contributed by atoms with Gasteiger partial charge in [0.25, 0.3) is 0 Å². The molecule has 2 nitrogen and oxygen atoms in total. The van der Waals surface area contributed by atoms with E-state index in [1.54, 1.807) is 24.3 Å². The fraction of sp³-hybridized carbons (Fsp3) is 0.133. The van der Waals surface area contributed by atoms with E-state index >= 15 is 0 Å². The van der Waals surface area contributed by atoms with E-state index in [1.165, 1.54) is 12.1 Å². The van der Waals surface area contributed by atoms with Crippen molar-refractivity contribution in [2.24, 2.45) is 0 Å². The number of carbonyl (C=O) groups is 1. The first-order valence-electron chi connectivity index (χ1n) is 5.74. The summed E-state index contributed by atoms with van der Waals surface area (Å²) in [4.78, 5) is 11.8. The molecule has 0 aromatic heterocycles. The standard InChI is InChI=1S/C15H14FNO/c16-13-5-1-11(2-6-13)9-15(18)10-12-3-7-14(17)8-4-12/h1-8H,9-10,17H2. The first kappa shape index (κ1) is 12.3. The third kappa shape index (κ3) is 3.42. The Hall–Kier alpha value is -2.16. The van der Waals surface area contributed by atoms with Crippen molar-refractivity contribution in [3.05, 3.63) is 65.5 Å². The molecule has 2 N–H and O–H groups in total. The summed E-state index contributed by atoms with van der Waals surface area (Å²) in [6.45, 7) is 0. The number of carbonyl (C=O) groups excluding carboxylic acids is 1. The van der Waals surface area contributed by atoms with Gasteiger partial charge in [-0.3, -0.25) is 4.79 Å². The van der Waals surface area contributed by atoms with Crippen LogP contribution in [0.25, 0.3) is 0 Å². The van der Waals surface area contributed by atoms with Crippen LogP contribution in [0.4, 0.5) is 10.1 Å². The van der Waals surface area contributed by atoms with Crippen LogP contribution in [-0.2, 0) is 17.6 Å². The van der Waals surface area contributed by atoms with Crippen LogP contribution >= 0.6 is 0 Å². The fourth-order valence-electron chi connectivity index (χ4n) is 1.76. The van der Waals surface area contributed by atoms with E-state index in [9.17, 15) is 9.18 Å². The zero-order valence-electron chi connectivity index (χ0n) is 9.90. The maximum Gasteiger partial charge on any atom is 0.141 e. The van der Waals surface area contributed by atoms with Crippen molar-refractivity contribution in [2.45, 2.75) is 12.8 Å². The van der Waals surface area contributed by atoms with Gasteiger partial charge in [-0.25, -0.2) is 4.39 Å². The summed E-state index contributed by atoms with van der Waals surface area (Å²) in [5, 5.41) is 0. The normalized spacial score (nSPS) is 10.3. The second kappa shape index (κ2) is 5.45. The number of Topliss-reactive ketones (excluding diaryl/α,β-unsaturated/α-hetero) is 1. The number of anilines is 1. The lowest BCUT2D eigenvalue weighted by atomic mass is 10.0. The largest absolute Gasteiger partial charge is 0.399 e. The second-order valence-corrected chi connectivity index (χ2v) is 4.26. The number of benzene rings is 2. The minimum atomic E-state index is -0.287. The molecular weight excluding hydrogens is 229 g/mol. The Labute approximate surface area is 105 Å². The SMILES string of the molecule is Nc1ccc(CC(=O)Cc2ccc(F)cc2)cc1. The smallest absolute Gasteiger partial charge is 0.141 e. The van der Waals surface area contributed by atoms with Crippen molar-refractivity contribution < 1.29 is 9.18 Å². The number of halogens is 1. The van der Waals surface area contributed by atoms with Crippen LogP contribution in [0.2, 0.25) is 0 Å². The molecule has 0 aliphatic carbocycles. The highest BCUT2D eigenvalue weighted by atomic mass is 19.1. The van der Waals surface area contributed by atoms with E-state index in [2.05, 4.69) is 0 Å². The number of hydrogen-bond acceptors (Lipinski definition) is 2. The molecule has 0 saturated carbocycles. The van der Waals surface area contributed by atoms with Gasteiger partial charge in [0.1, 0.15) is 11.6 Å². The van der Waals surface area contributed by atoms with Crippen LogP contribution in [0.5, 0.6) is 0 Å². The van der Waals surface area contributed by atoms with Gasteiger partial charge in [0, 0.05) is 18.5 Å². The molecule has 0 aliphatic rings. The lowest BCUT2D eigenvalue weighted by Gasteiger charge is -2.02. The summed E-state index contributed by atoms with van der Waals surface area (Å²) in [6.07, 6.45) is 0.697. The molecule has 3 heteroatoms. The van der Waals surface area contributed by atoms with Crippen molar-refractivity contribution >= 4 is 11.5 Å². The summed E-state index contributed by atoms with van der Waals surface area (Å²) in [5.41, 5.74) is 8.03. The Morgan fingerprint density at radius 3 is 1.83 bits per heavy atom. The maximum absolute atomic E-state index is 12.7. The topological polar surface area (TPSA) is 43.1 Å². The Morgan fingerprint density at radius 2 is 1.33 bits per heavy atom. The first-order valence-corrected chi connectivity index (χ1v) is 5.74. The Bertz CT molecular complexity index is 482. The minimum Gasteiger partial charge on any atom is -0.399 e. The van der Waals surface area contributed by atoms with Gasteiger partial charge in [0.15, 0.2) is 0 Å². The van der Waals surface area contributed by atoms with Crippen molar-refractivity contribution in [2.75, 3.05) is 5.73 Å². The van der Waals surface area contributed by atoms with E-state index in [0.717, 1.165) is 11.1 Å². The summed E-state index contributed by atoms with van der Waals surface area (Å²) < 4.78 is 12.7. The molecule has 0 fully saturated rings. The monoisotopic (exact) mass is 243 g/mol. The molecule has 0 aliphatic heterocycles. The Balaban J connectivity index is 1.96. The van der Waals surface area contributed by atoms with Gasteiger partial charge < -0.3 is 5.73 Å². The quantitative estimate of drug-likeness (QED) is 0.839. The summed E-state index contributed by atoms with van der Waals surface area (Å²) >= 11 is 0. The number of nitrogen functional groups attached to an aromatic ring is 1. The van der Waals surface area contributed by atoms with Gasteiger partial charge in [-0.2, -0.15) is 0 Å². The molecule has 18 heavy (non-hydrogen) atoms. The van der Waals surface area contributed by atoms with Gasteiger partial charge in [0.05, 0.1) is 0 Å². The van der Waals surface area contributed by atoms with E-state index in [-0.39, 0.29) is 11.6 Å². The van der Waals surface area contributed by atoms with E-state index in [0.29, 0.717) is 18.5 Å². The minimum absolute atomic E-state index is 0.103. The number of hydrogen-bond donors (Lipinski definition) is 1. The van der Waals surface area contributed by atoms with Gasteiger partial charge in [-0.15, -0.1) is 0 Å². The van der Waals surface area contributed by atoms with Gasteiger partial charge in [-0.05, 0) is 35.4 Å². The molecule has 92 valence electrons. The molecule has 2 rings (SSSR count). The van der Waals surface area contributed by atoms with Crippen LogP contribution < -0.4 is 5.73 Å². The van der Waals surface area contributed by atoms with Crippen LogP contribution in [0.15, 0.2) is 48.5 Å². The van der Waals surface area contributed by atoms with Gasteiger partial charge >= 0.3 is 0 Å². The first-order chi connectivity index (χ1) is 8.63. The Morgan fingerprint density at radius 1 is 0.889 bits per heavy atom. The van der Waals surface area contributed by atoms with Crippen LogP contribution in [0.3, 0.4) is 0 Å². The zero-order valence-corrected chi connectivity index (χ0v) is 9.90. The zero-order chi connectivity index (χ0) is 13.0. The molecule has 0 radical (unpaired) electrons. The molecule has 2 aromatic carbocycles. The summed E-state index contributed by atoms with van der Waals surface area (Å²) in [5.74, 6) is -0.184. The van der Waals surface area contributed by atoms with Crippen molar-refractivity contribution in [3.63, 3.8) is 0 Å². The average Bonchev–Trinajstić information content (AvgIpc) is 2.35. The highest BCUT2D eigenvalue weighted by molar-refractivity contribution is 5.83. The average molecular weight is 243 g/mol. The molecule has 0 saturated heterocycles. The van der Waals surface area contributed by atoms with Crippen LogP contribution in [0.1, 0.15) is 11.1 Å². The van der Waals surface area contributed by atoms with Crippen molar-refractivity contribution in [1.82, 2.24) is 0 Å². The predicted octanol–water partition coefficient (Wildman–Crippen LogP) is 2.76. The third-order valence-corrected chi connectivity index (χ3v) is 2.70. The Kier molecular flexibility index (Phi) is 3.72. The van der Waals surface area contributed by atoms with Crippen LogP contribution in [0, 0.1) is 5.82 Å². The summed E-state index contributed by atoms with van der Waals surface area (Å²) in [7, 11) is 0. The van der Waals surface area contributed by atoms with Gasteiger partial charge in [-0.1, -0.05) is 24.3 Å². The van der Waals surface area contributed by atoms with E-state index in [4.69, 9.17) is 5.73 Å². The molecule has 0 heterocycles. The predicted molar refractivity (Wildman–Crippen MR) is 69.7 cm³/mol. The lowest BCUT2D eigenvalue weighted by Crippen LogP contribution is -2.06. The molecule has 0 amide bonds. The number of rotatable bonds is 4. The van der Waals surface area contributed by atoms with Crippen molar-refractivity contribution in [1.29, 1.82) is 0 Å². The molecule has 2 aromatic rings. The highest BCUT2D eigenvalue weighted by Crippen LogP contribution is 2.09. The third-order valence-electron chi connectivity index (χ3n) is 2.70. The van der Waals surface area contributed by atoms with Crippen LogP contribution in [-0.4, -0.2) is 5.78 Å². The van der Waals surface area contributed by atoms with Crippen molar-refractivity contribution in [3.8, 4) is 0 Å². The maximum atomic E-state index is 12.7. The van der Waals surface area contributed by atoms with E-state index < -0.39 is 0 Å². The molecule has 0 unspecified atom stereocenters. The lowest BCUT2D eigenvalue weighted by molar-refractivity contribution is -0.117.